The minimum Gasteiger partial charge on any atom is -0.334 e. The molecule has 0 aromatic carbocycles. The second-order valence-corrected chi connectivity index (χ2v) is 3.82. The highest BCUT2D eigenvalue weighted by Gasteiger charge is 2.04. The van der Waals surface area contributed by atoms with Crippen LogP contribution in [0.2, 0.25) is 0 Å². The Kier molecular flexibility index (Phi) is 5.36. The van der Waals surface area contributed by atoms with Crippen LogP contribution in [0, 0.1) is 0 Å². The molecule has 0 fully saturated rings. The fourth-order valence-corrected chi connectivity index (χ4v) is 1.63. The van der Waals surface area contributed by atoms with Crippen LogP contribution >= 0.6 is 0 Å². The first kappa shape index (κ1) is 12.2. The Bertz CT molecular complexity index is 269. The molecule has 0 amide bonds. The highest BCUT2D eigenvalue weighted by molar-refractivity contribution is 4.91. The van der Waals surface area contributed by atoms with Crippen LogP contribution in [0.4, 0.5) is 0 Å². The Morgan fingerprint density at radius 1 is 1.53 bits per heavy atom. The maximum absolute atomic E-state index is 4.36. The number of nitrogens with one attached hydrogen (secondary N) is 1. The van der Waals surface area contributed by atoms with Crippen LogP contribution in [-0.4, -0.2) is 41.6 Å². The Balaban J connectivity index is 2.33. The van der Waals surface area contributed by atoms with Gasteiger partial charge in [0, 0.05) is 18.9 Å². The molecule has 0 saturated carbocycles. The molecular formula is C11H22N4. The molecule has 1 N–H and O–H groups in total. The first-order valence-corrected chi connectivity index (χ1v) is 5.61. The second kappa shape index (κ2) is 6.58. The summed E-state index contributed by atoms with van der Waals surface area (Å²) in [6, 6.07) is 0. The predicted molar refractivity (Wildman–Crippen MR) is 62.8 cm³/mol. The molecule has 4 nitrogen and oxygen atoms in total. The number of hydrogen-bond donors (Lipinski definition) is 1. The van der Waals surface area contributed by atoms with E-state index in [0.717, 1.165) is 32.0 Å². The fourth-order valence-electron chi connectivity index (χ4n) is 1.63. The standard InChI is InChI=1S/C11H22N4/c1-4-15-9-7-13-11(15)10-14(3)8-5-6-12-2/h7,9,12H,4-6,8,10H2,1-3H3. The predicted octanol–water partition coefficient (Wildman–Crippen LogP) is 0.944. The van der Waals surface area contributed by atoms with E-state index in [0.29, 0.717) is 0 Å². The first-order chi connectivity index (χ1) is 7.27. The zero-order chi connectivity index (χ0) is 11.1. The van der Waals surface area contributed by atoms with Crippen LogP contribution < -0.4 is 5.32 Å². The zero-order valence-corrected chi connectivity index (χ0v) is 10.0. The van der Waals surface area contributed by atoms with Crippen LogP contribution in [0.1, 0.15) is 19.2 Å². The number of imidazole rings is 1. The average Bonchev–Trinajstić information content (AvgIpc) is 2.65. The molecule has 4 heteroatoms. The average molecular weight is 210 g/mol. The van der Waals surface area contributed by atoms with E-state index in [-0.39, 0.29) is 0 Å². The third-order valence-electron chi connectivity index (χ3n) is 2.52. The summed E-state index contributed by atoms with van der Waals surface area (Å²) in [4.78, 5) is 6.67. The molecule has 1 heterocycles. The van der Waals surface area contributed by atoms with E-state index in [1.54, 1.807) is 0 Å². The van der Waals surface area contributed by atoms with Gasteiger partial charge in [-0.15, -0.1) is 0 Å². The van der Waals surface area contributed by atoms with Gasteiger partial charge in [-0.05, 0) is 40.5 Å². The molecule has 1 rings (SSSR count). The van der Waals surface area contributed by atoms with Crippen LogP contribution in [0.3, 0.4) is 0 Å². The Labute approximate surface area is 92.3 Å². The van der Waals surface area contributed by atoms with Gasteiger partial charge in [-0.2, -0.15) is 0 Å². The smallest absolute Gasteiger partial charge is 0.122 e. The summed E-state index contributed by atoms with van der Waals surface area (Å²) in [6.45, 7) is 6.26. The van der Waals surface area contributed by atoms with Gasteiger partial charge in [0.2, 0.25) is 0 Å². The van der Waals surface area contributed by atoms with Crippen molar-refractivity contribution in [3.63, 3.8) is 0 Å². The third-order valence-corrected chi connectivity index (χ3v) is 2.52. The molecule has 15 heavy (non-hydrogen) atoms. The van der Waals surface area contributed by atoms with E-state index < -0.39 is 0 Å². The summed E-state index contributed by atoms with van der Waals surface area (Å²) in [5.41, 5.74) is 0. The van der Waals surface area contributed by atoms with Gasteiger partial charge in [0.1, 0.15) is 5.82 Å². The molecule has 0 bridgehead atoms. The molecule has 0 aliphatic rings. The lowest BCUT2D eigenvalue weighted by atomic mass is 10.4. The number of aryl methyl sites for hydroxylation is 1. The maximum Gasteiger partial charge on any atom is 0.122 e. The van der Waals surface area contributed by atoms with Crippen molar-refractivity contribution in [1.82, 2.24) is 19.8 Å². The summed E-state index contributed by atoms with van der Waals surface area (Å²) in [6.07, 6.45) is 5.09. The van der Waals surface area contributed by atoms with Crippen LogP contribution in [0.15, 0.2) is 12.4 Å². The molecule has 0 saturated heterocycles. The molecule has 0 aliphatic carbocycles. The molecule has 1 aromatic rings. The van der Waals surface area contributed by atoms with Gasteiger partial charge in [0.05, 0.1) is 6.54 Å². The van der Waals surface area contributed by atoms with Crippen molar-refractivity contribution in [2.75, 3.05) is 27.2 Å². The van der Waals surface area contributed by atoms with Crippen molar-refractivity contribution in [2.24, 2.45) is 0 Å². The highest BCUT2D eigenvalue weighted by Crippen LogP contribution is 2.01. The van der Waals surface area contributed by atoms with Gasteiger partial charge in [0.25, 0.3) is 0 Å². The van der Waals surface area contributed by atoms with Gasteiger partial charge in [-0.25, -0.2) is 4.98 Å². The molecule has 0 atom stereocenters. The van der Waals surface area contributed by atoms with E-state index >= 15 is 0 Å². The normalized spacial score (nSPS) is 11.2. The minimum absolute atomic E-state index is 0.935. The van der Waals surface area contributed by atoms with Gasteiger partial charge < -0.3 is 9.88 Å². The first-order valence-electron chi connectivity index (χ1n) is 5.61. The SMILES string of the molecule is CCn1ccnc1CN(C)CCCNC. The fraction of sp³-hybridized carbons (Fsp3) is 0.727. The summed E-state index contributed by atoms with van der Waals surface area (Å²) < 4.78 is 2.19. The van der Waals surface area contributed by atoms with Crippen molar-refractivity contribution in [3.05, 3.63) is 18.2 Å². The van der Waals surface area contributed by atoms with Crippen molar-refractivity contribution in [3.8, 4) is 0 Å². The molecule has 86 valence electrons. The molecule has 1 aromatic heterocycles. The number of nitrogens with zero attached hydrogens (tertiary/aromatic N) is 3. The van der Waals surface area contributed by atoms with Crippen molar-refractivity contribution in [1.29, 1.82) is 0 Å². The number of hydrogen-bond acceptors (Lipinski definition) is 3. The third kappa shape index (κ3) is 4.01. The van der Waals surface area contributed by atoms with E-state index in [2.05, 4.69) is 33.7 Å². The van der Waals surface area contributed by atoms with Gasteiger partial charge in [0.15, 0.2) is 0 Å². The minimum atomic E-state index is 0.935. The van der Waals surface area contributed by atoms with Crippen LogP contribution in [0.5, 0.6) is 0 Å². The topological polar surface area (TPSA) is 33.1 Å². The molecule has 0 unspecified atom stereocenters. The zero-order valence-electron chi connectivity index (χ0n) is 10.0. The van der Waals surface area contributed by atoms with E-state index in [1.807, 2.05) is 19.4 Å². The van der Waals surface area contributed by atoms with E-state index in [1.165, 1.54) is 6.42 Å². The van der Waals surface area contributed by atoms with E-state index in [9.17, 15) is 0 Å². The molecule has 0 aliphatic heterocycles. The Morgan fingerprint density at radius 2 is 2.33 bits per heavy atom. The largest absolute Gasteiger partial charge is 0.334 e. The lowest BCUT2D eigenvalue weighted by molar-refractivity contribution is 0.308. The highest BCUT2D eigenvalue weighted by atomic mass is 15.2. The second-order valence-electron chi connectivity index (χ2n) is 3.82. The van der Waals surface area contributed by atoms with Crippen molar-refractivity contribution < 1.29 is 0 Å². The maximum atomic E-state index is 4.36. The quantitative estimate of drug-likeness (QED) is 0.680. The van der Waals surface area contributed by atoms with Crippen molar-refractivity contribution >= 4 is 0 Å². The van der Waals surface area contributed by atoms with Crippen molar-refractivity contribution in [2.45, 2.75) is 26.4 Å². The van der Waals surface area contributed by atoms with Crippen LogP contribution in [0.25, 0.3) is 0 Å². The molecule has 0 radical (unpaired) electrons. The molecule has 0 spiro atoms. The van der Waals surface area contributed by atoms with Gasteiger partial charge in [-0.1, -0.05) is 0 Å². The summed E-state index contributed by atoms with van der Waals surface area (Å²) in [7, 11) is 4.13. The van der Waals surface area contributed by atoms with Crippen LogP contribution in [-0.2, 0) is 13.1 Å². The Morgan fingerprint density at radius 3 is 3.00 bits per heavy atom. The summed E-state index contributed by atoms with van der Waals surface area (Å²) >= 11 is 0. The van der Waals surface area contributed by atoms with Gasteiger partial charge >= 0.3 is 0 Å². The van der Waals surface area contributed by atoms with E-state index in [4.69, 9.17) is 0 Å². The Hall–Kier alpha value is -0.870. The lowest BCUT2D eigenvalue weighted by Crippen LogP contribution is -2.24. The monoisotopic (exact) mass is 210 g/mol. The molecular weight excluding hydrogens is 188 g/mol. The summed E-state index contributed by atoms with van der Waals surface area (Å²) in [5, 5.41) is 3.16. The lowest BCUT2D eigenvalue weighted by Gasteiger charge is -2.16. The summed E-state index contributed by atoms with van der Waals surface area (Å²) in [5.74, 6) is 1.16. The van der Waals surface area contributed by atoms with Gasteiger partial charge in [-0.3, -0.25) is 4.90 Å². The number of rotatable bonds is 7. The number of aromatic nitrogens is 2.